The van der Waals surface area contributed by atoms with E-state index >= 15 is 0 Å². The van der Waals surface area contributed by atoms with Gasteiger partial charge in [0.1, 0.15) is 11.5 Å². The number of pyridine rings is 1. The van der Waals surface area contributed by atoms with Gasteiger partial charge < -0.3 is 23.8 Å². The zero-order valence-electron chi connectivity index (χ0n) is 21.2. The minimum atomic E-state index is -0.556. The van der Waals surface area contributed by atoms with Gasteiger partial charge in [0.05, 0.1) is 33.6 Å². The van der Waals surface area contributed by atoms with Crippen LogP contribution in [0.25, 0.3) is 5.69 Å². The summed E-state index contributed by atoms with van der Waals surface area (Å²) < 4.78 is 21.2. The molecule has 0 saturated heterocycles. The molecular weight excluding hydrogens is 474 g/mol. The molecule has 0 N–H and O–H groups in total. The van der Waals surface area contributed by atoms with Crippen LogP contribution in [0.15, 0.2) is 66.9 Å². The first-order valence-corrected chi connectivity index (χ1v) is 11.7. The minimum absolute atomic E-state index is 0.111. The van der Waals surface area contributed by atoms with Crippen LogP contribution in [0.3, 0.4) is 0 Å². The van der Waals surface area contributed by atoms with Crippen LogP contribution in [0, 0.1) is 0 Å². The number of methoxy groups -OCH3 is 3. The molecule has 0 aliphatic carbocycles. The van der Waals surface area contributed by atoms with E-state index in [0.29, 0.717) is 30.5 Å². The molecule has 0 amide bonds. The molecule has 0 saturated carbocycles. The minimum Gasteiger partial charge on any atom is -0.497 e. The molecule has 4 rings (SSSR count). The summed E-state index contributed by atoms with van der Waals surface area (Å²) >= 11 is 0. The molecule has 10 heteroatoms. The number of aromatic nitrogens is 4. The van der Waals surface area contributed by atoms with Gasteiger partial charge in [-0.25, -0.2) is 9.78 Å². The Hall–Kier alpha value is -4.60. The van der Waals surface area contributed by atoms with E-state index < -0.39 is 5.97 Å². The molecule has 0 aliphatic rings. The Morgan fingerprint density at radius 2 is 1.43 bits per heavy atom. The predicted octanol–water partition coefficient (Wildman–Crippen LogP) is 4.07. The summed E-state index contributed by atoms with van der Waals surface area (Å²) in [7, 11) is 4.79. The maximum Gasteiger partial charge on any atom is 0.362 e. The van der Waals surface area contributed by atoms with E-state index in [2.05, 4.69) is 10.1 Å². The van der Waals surface area contributed by atoms with E-state index in [0.717, 1.165) is 22.6 Å². The van der Waals surface area contributed by atoms with Gasteiger partial charge in [-0.15, -0.1) is 15.0 Å². The summed E-state index contributed by atoms with van der Waals surface area (Å²) in [6.45, 7) is 2.88. The van der Waals surface area contributed by atoms with Gasteiger partial charge in [-0.2, -0.15) is 0 Å². The molecule has 37 heavy (non-hydrogen) atoms. The van der Waals surface area contributed by atoms with Gasteiger partial charge in [-0.3, -0.25) is 0 Å². The first-order chi connectivity index (χ1) is 18.0. The molecule has 0 unspecified atom stereocenters. The van der Waals surface area contributed by atoms with Gasteiger partial charge >= 0.3 is 5.97 Å². The Morgan fingerprint density at radius 1 is 0.838 bits per heavy atom. The number of esters is 1. The van der Waals surface area contributed by atoms with Gasteiger partial charge in [0.25, 0.3) is 0 Å². The second kappa shape index (κ2) is 11.9. The van der Waals surface area contributed by atoms with Crippen molar-refractivity contribution in [2.45, 2.75) is 20.0 Å². The van der Waals surface area contributed by atoms with Crippen LogP contribution in [0.4, 0.5) is 5.82 Å². The predicted molar refractivity (Wildman–Crippen MR) is 138 cm³/mol. The topological polar surface area (TPSA) is 101 Å². The van der Waals surface area contributed by atoms with Crippen LogP contribution in [-0.2, 0) is 17.8 Å². The Labute approximate surface area is 215 Å². The largest absolute Gasteiger partial charge is 0.497 e. The zero-order chi connectivity index (χ0) is 26.2. The number of benzene rings is 2. The highest BCUT2D eigenvalue weighted by Crippen LogP contribution is 2.25. The third-order valence-corrected chi connectivity index (χ3v) is 5.59. The summed E-state index contributed by atoms with van der Waals surface area (Å²) in [5, 5.41) is 9.22. The van der Waals surface area contributed by atoms with Crippen molar-refractivity contribution < 1.29 is 23.7 Å². The molecule has 0 bridgehead atoms. The standard InChI is InChI=1S/C27H29N5O5/c1-5-37-27(33)25-26(30-32(29-25)21-14-15-28-24(16-21)36-4)31(17-19-6-10-22(34-2)11-7-19)18-20-8-12-23(35-3)13-9-20/h6-16H,5,17-18H2,1-4H3. The van der Waals surface area contributed by atoms with E-state index in [9.17, 15) is 4.79 Å². The fourth-order valence-corrected chi connectivity index (χ4v) is 3.70. The molecule has 0 spiro atoms. The molecule has 10 nitrogen and oxygen atoms in total. The summed E-state index contributed by atoms with van der Waals surface area (Å²) in [6, 6.07) is 18.9. The summed E-state index contributed by atoms with van der Waals surface area (Å²) in [6.07, 6.45) is 1.59. The summed E-state index contributed by atoms with van der Waals surface area (Å²) in [5.74, 6) is 1.76. The lowest BCUT2D eigenvalue weighted by Gasteiger charge is -2.23. The monoisotopic (exact) mass is 503 g/mol. The van der Waals surface area contributed by atoms with E-state index in [1.54, 1.807) is 39.5 Å². The van der Waals surface area contributed by atoms with Crippen molar-refractivity contribution in [3.8, 4) is 23.1 Å². The number of rotatable bonds is 11. The molecule has 2 heterocycles. The van der Waals surface area contributed by atoms with Crippen molar-refractivity contribution in [2.24, 2.45) is 0 Å². The molecule has 0 atom stereocenters. The van der Waals surface area contributed by atoms with Crippen molar-refractivity contribution >= 4 is 11.8 Å². The maximum absolute atomic E-state index is 13.0. The highest BCUT2D eigenvalue weighted by molar-refractivity contribution is 5.92. The third-order valence-electron chi connectivity index (χ3n) is 5.59. The zero-order valence-corrected chi connectivity index (χ0v) is 21.2. The van der Waals surface area contributed by atoms with Gasteiger partial charge in [-0.05, 0) is 48.4 Å². The average Bonchev–Trinajstić information content (AvgIpc) is 3.39. The second-order valence-corrected chi connectivity index (χ2v) is 7.99. The number of hydrogen-bond acceptors (Lipinski definition) is 9. The van der Waals surface area contributed by atoms with E-state index in [1.165, 1.54) is 11.9 Å². The highest BCUT2D eigenvalue weighted by Gasteiger charge is 2.26. The third kappa shape index (κ3) is 6.16. The van der Waals surface area contributed by atoms with Gasteiger partial charge in [-0.1, -0.05) is 24.3 Å². The molecule has 4 aromatic rings. The highest BCUT2D eigenvalue weighted by atomic mass is 16.5. The van der Waals surface area contributed by atoms with Crippen LogP contribution in [0.5, 0.6) is 17.4 Å². The smallest absolute Gasteiger partial charge is 0.362 e. The van der Waals surface area contributed by atoms with E-state index in [4.69, 9.17) is 24.0 Å². The van der Waals surface area contributed by atoms with Crippen molar-refractivity contribution in [1.29, 1.82) is 0 Å². The number of ether oxygens (including phenoxy) is 4. The average molecular weight is 504 g/mol. The van der Waals surface area contributed by atoms with Gasteiger partial charge in [0.15, 0.2) is 5.82 Å². The van der Waals surface area contributed by atoms with Crippen LogP contribution in [-0.4, -0.2) is 53.9 Å². The Morgan fingerprint density at radius 3 is 1.95 bits per heavy atom. The van der Waals surface area contributed by atoms with Crippen LogP contribution >= 0.6 is 0 Å². The molecular formula is C27H29N5O5. The number of hydrogen-bond donors (Lipinski definition) is 0. The lowest BCUT2D eigenvalue weighted by molar-refractivity contribution is 0.0519. The number of carbonyl (C=O) groups is 1. The molecule has 192 valence electrons. The second-order valence-electron chi connectivity index (χ2n) is 7.99. The summed E-state index contributed by atoms with van der Waals surface area (Å²) in [5.41, 5.74) is 2.71. The first kappa shape index (κ1) is 25.5. The fourth-order valence-electron chi connectivity index (χ4n) is 3.70. The van der Waals surface area contributed by atoms with Gasteiger partial charge in [0, 0.05) is 25.4 Å². The molecule has 0 radical (unpaired) electrons. The quantitative estimate of drug-likeness (QED) is 0.280. The number of anilines is 1. The normalized spacial score (nSPS) is 10.6. The Bertz CT molecular complexity index is 1270. The van der Waals surface area contributed by atoms with Crippen LogP contribution in [0.2, 0.25) is 0 Å². The molecule has 0 aliphatic heterocycles. The van der Waals surface area contributed by atoms with Crippen LogP contribution in [0.1, 0.15) is 28.5 Å². The molecule has 0 fully saturated rings. The SMILES string of the molecule is CCOC(=O)c1nn(-c2ccnc(OC)c2)nc1N(Cc1ccc(OC)cc1)Cc1ccc(OC)cc1. The lowest BCUT2D eigenvalue weighted by Crippen LogP contribution is -2.25. The fraction of sp³-hybridized carbons (Fsp3) is 0.259. The van der Waals surface area contributed by atoms with Gasteiger partial charge in [0.2, 0.25) is 11.6 Å². The first-order valence-electron chi connectivity index (χ1n) is 11.7. The van der Waals surface area contributed by atoms with E-state index in [1.807, 2.05) is 53.4 Å². The number of carbonyl (C=O) groups excluding carboxylic acids is 1. The van der Waals surface area contributed by atoms with E-state index in [-0.39, 0.29) is 12.3 Å². The lowest BCUT2D eigenvalue weighted by atomic mass is 10.1. The van der Waals surface area contributed by atoms with Crippen molar-refractivity contribution in [3.05, 3.63) is 83.7 Å². The molecule has 2 aromatic heterocycles. The summed E-state index contributed by atoms with van der Waals surface area (Å²) in [4.78, 5) is 20.5. The number of nitrogens with zero attached hydrogens (tertiary/aromatic N) is 5. The van der Waals surface area contributed by atoms with Crippen molar-refractivity contribution in [1.82, 2.24) is 20.0 Å². The molecule has 2 aromatic carbocycles. The van der Waals surface area contributed by atoms with Crippen molar-refractivity contribution in [2.75, 3.05) is 32.8 Å². The Kier molecular flexibility index (Phi) is 8.19. The maximum atomic E-state index is 13.0. The Balaban J connectivity index is 1.77. The van der Waals surface area contributed by atoms with Crippen LogP contribution < -0.4 is 19.1 Å². The van der Waals surface area contributed by atoms with Crippen molar-refractivity contribution in [3.63, 3.8) is 0 Å².